The van der Waals surface area contributed by atoms with Gasteiger partial charge in [0.2, 0.25) is 0 Å². The lowest BCUT2D eigenvalue weighted by atomic mass is 9.88. The largest absolute Gasteiger partial charge is 0.392 e. The number of benzene rings is 2. The minimum atomic E-state index is 0.127. The van der Waals surface area contributed by atoms with Gasteiger partial charge in [-0.25, -0.2) is 0 Å². The average molecular weight is 262 g/mol. The second-order valence-electron chi connectivity index (χ2n) is 5.68. The lowest BCUT2D eigenvalue weighted by molar-refractivity contribution is 0.281. The number of allylic oxidation sites excluding steroid dienone is 1. The Bertz CT molecular complexity index is 840. The summed E-state index contributed by atoms with van der Waals surface area (Å²) in [4.78, 5) is 0. The second-order valence-corrected chi connectivity index (χ2v) is 5.68. The fourth-order valence-electron chi connectivity index (χ4n) is 3.57. The van der Waals surface area contributed by atoms with Gasteiger partial charge in [-0.2, -0.15) is 0 Å². The molecular formula is C19H18O. The van der Waals surface area contributed by atoms with Crippen LogP contribution in [0.4, 0.5) is 0 Å². The summed E-state index contributed by atoms with van der Waals surface area (Å²) in [6.45, 7) is 0.127. The lowest BCUT2D eigenvalue weighted by Gasteiger charge is -2.16. The van der Waals surface area contributed by atoms with Crippen LogP contribution in [0.2, 0.25) is 0 Å². The van der Waals surface area contributed by atoms with Crippen LogP contribution in [0.3, 0.4) is 0 Å². The Kier molecular flexibility index (Phi) is 2.75. The molecule has 0 spiro atoms. The van der Waals surface area contributed by atoms with Crippen LogP contribution in [-0.4, -0.2) is 5.11 Å². The van der Waals surface area contributed by atoms with Gasteiger partial charge in [0.25, 0.3) is 0 Å². The van der Waals surface area contributed by atoms with Gasteiger partial charge in [-0.05, 0) is 69.6 Å². The SMILES string of the molecule is OCc1cc2c3c(ccc2c2c1=CCCC=2)C=CCC3. The number of aryl methyl sites for hydroxylation is 1. The third-order valence-electron chi connectivity index (χ3n) is 4.53. The fraction of sp³-hybridized carbons (Fsp3) is 0.263. The number of fused-ring (bicyclic) bond motifs is 5. The van der Waals surface area contributed by atoms with E-state index in [0.29, 0.717) is 0 Å². The first-order valence-electron chi connectivity index (χ1n) is 7.44. The molecule has 0 radical (unpaired) electrons. The highest BCUT2D eigenvalue weighted by Gasteiger charge is 2.12. The second kappa shape index (κ2) is 4.60. The molecule has 0 heterocycles. The molecule has 0 fully saturated rings. The average Bonchev–Trinajstić information content (AvgIpc) is 2.53. The van der Waals surface area contributed by atoms with E-state index < -0.39 is 0 Å². The first kappa shape index (κ1) is 11.9. The third kappa shape index (κ3) is 1.66. The number of hydrogen-bond acceptors (Lipinski definition) is 1. The molecule has 100 valence electrons. The van der Waals surface area contributed by atoms with E-state index in [9.17, 15) is 5.11 Å². The molecular weight excluding hydrogens is 244 g/mol. The molecule has 2 aliphatic rings. The zero-order chi connectivity index (χ0) is 13.5. The number of aliphatic hydroxyl groups excluding tert-OH is 1. The smallest absolute Gasteiger partial charge is 0.0687 e. The summed E-state index contributed by atoms with van der Waals surface area (Å²) in [6.07, 6.45) is 13.5. The van der Waals surface area contributed by atoms with Crippen LogP contribution in [-0.2, 0) is 13.0 Å². The Morgan fingerprint density at radius 1 is 0.950 bits per heavy atom. The van der Waals surface area contributed by atoms with Crippen LogP contribution >= 0.6 is 0 Å². The fourth-order valence-corrected chi connectivity index (χ4v) is 3.57. The molecule has 0 bridgehead atoms. The molecule has 1 heteroatoms. The minimum absolute atomic E-state index is 0.127. The van der Waals surface area contributed by atoms with Crippen LogP contribution in [0, 0.1) is 0 Å². The Balaban J connectivity index is 2.20. The molecule has 1 nitrogen and oxygen atoms in total. The van der Waals surface area contributed by atoms with Crippen molar-refractivity contribution in [2.24, 2.45) is 0 Å². The van der Waals surface area contributed by atoms with Crippen molar-refractivity contribution < 1.29 is 5.11 Å². The number of hydrogen-bond donors (Lipinski definition) is 1. The van der Waals surface area contributed by atoms with Crippen LogP contribution in [0.1, 0.15) is 36.0 Å². The lowest BCUT2D eigenvalue weighted by Crippen LogP contribution is -2.31. The molecule has 2 aromatic rings. The highest BCUT2D eigenvalue weighted by atomic mass is 16.3. The van der Waals surface area contributed by atoms with Crippen LogP contribution < -0.4 is 10.4 Å². The van der Waals surface area contributed by atoms with Gasteiger partial charge in [-0.3, -0.25) is 0 Å². The van der Waals surface area contributed by atoms with E-state index >= 15 is 0 Å². The number of rotatable bonds is 1. The molecule has 1 N–H and O–H groups in total. The standard InChI is InChI=1S/C19H18O/c20-12-14-11-19-15-6-2-1-5-13(15)9-10-18(19)17-8-4-3-7-16(14)17/h1,5,7-11,20H,2-4,6,12H2. The van der Waals surface area contributed by atoms with Gasteiger partial charge >= 0.3 is 0 Å². The Labute approximate surface area is 118 Å². The molecule has 2 aromatic carbocycles. The monoisotopic (exact) mass is 262 g/mol. The highest BCUT2D eigenvalue weighted by Crippen LogP contribution is 2.27. The molecule has 0 unspecified atom stereocenters. The summed E-state index contributed by atoms with van der Waals surface area (Å²) in [7, 11) is 0. The van der Waals surface area contributed by atoms with E-state index in [-0.39, 0.29) is 6.61 Å². The summed E-state index contributed by atoms with van der Waals surface area (Å²) in [6, 6.07) is 6.70. The Hall–Kier alpha value is -1.86. The van der Waals surface area contributed by atoms with Gasteiger partial charge in [-0.1, -0.05) is 36.4 Å². The maximum absolute atomic E-state index is 9.71. The summed E-state index contributed by atoms with van der Waals surface area (Å²) < 4.78 is 0. The van der Waals surface area contributed by atoms with E-state index in [1.807, 2.05) is 0 Å². The maximum Gasteiger partial charge on any atom is 0.0687 e. The van der Waals surface area contributed by atoms with Crippen molar-refractivity contribution in [2.45, 2.75) is 32.3 Å². The van der Waals surface area contributed by atoms with Gasteiger partial charge in [0.15, 0.2) is 0 Å². The zero-order valence-electron chi connectivity index (χ0n) is 11.5. The van der Waals surface area contributed by atoms with E-state index in [2.05, 4.69) is 42.5 Å². The minimum Gasteiger partial charge on any atom is -0.392 e. The number of aliphatic hydroxyl groups is 1. The van der Waals surface area contributed by atoms with Crippen molar-refractivity contribution in [3.63, 3.8) is 0 Å². The van der Waals surface area contributed by atoms with Gasteiger partial charge < -0.3 is 5.11 Å². The quantitative estimate of drug-likeness (QED) is 0.837. The van der Waals surface area contributed by atoms with Crippen LogP contribution in [0.15, 0.2) is 24.3 Å². The Morgan fingerprint density at radius 3 is 2.65 bits per heavy atom. The van der Waals surface area contributed by atoms with Crippen molar-refractivity contribution >= 4 is 29.0 Å². The normalized spacial score (nSPS) is 16.2. The molecule has 0 amide bonds. The topological polar surface area (TPSA) is 20.2 Å². The van der Waals surface area contributed by atoms with Gasteiger partial charge in [0.05, 0.1) is 6.61 Å². The summed E-state index contributed by atoms with van der Waals surface area (Å²) in [5, 5.41) is 15.0. The van der Waals surface area contributed by atoms with Crippen molar-refractivity contribution in [2.75, 3.05) is 0 Å². The van der Waals surface area contributed by atoms with Crippen LogP contribution in [0.5, 0.6) is 0 Å². The molecule has 0 aliphatic heterocycles. The first-order valence-corrected chi connectivity index (χ1v) is 7.44. The molecule has 20 heavy (non-hydrogen) atoms. The van der Waals surface area contributed by atoms with E-state index in [1.54, 1.807) is 0 Å². The highest BCUT2D eigenvalue weighted by molar-refractivity contribution is 5.91. The predicted molar refractivity (Wildman–Crippen MR) is 84.6 cm³/mol. The molecule has 0 aromatic heterocycles. The predicted octanol–water partition coefficient (Wildman–Crippen LogP) is 2.65. The molecule has 0 saturated heterocycles. The van der Waals surface area contributed by atoms with E-state index in [0.717, 1.165) is 31.2 Å². The molecule has 0 saturated carbocycles. The molecule has 4 rings (SSSR count). The van der Waals surface area contributed by atoms with Crippen molar-refractivity contribution in [3.05, 3.63) is 51.4 Å². The Morgan fingerprint density at radius 2 is 1.80 bits per heavy atom. The van der Waals surface area contributed by atoms with Crippen molar-refractivity contribution in [1.29, 1.82) is 0 Å². The first-order chi connectivity index (χ1) is 9.88. The van der Waals surface area contributed by atoms with Gasteiger partial charge in [0.1, 0.15) is 0 Å². The zero-order valence-corrected chi connectivity index (χ0v) is 11.5. The maximum atomic E-state index is 9.71. The van der Waals surface area contributed by atoms with Crippen molar-refractivity contribution in [3.8, 4) is 0 Å². The van der Waals surface area contributed by atoms with Gasteiger partial charge in [-0.15, -0.1) is 0 Å². The van der Waals surface area contributed by atoms with E-state index in [4.69, 9.17) is 0 Å². The summed E-state index contributed by atoms with van der Waals surface area (Å²) in [5.74, 6) is 0. The van der Waals surface area contributed by atoms with Crippen molar-refractivity contribution in [1.82, 2.24) is 0 Å². The summed E-state index contributed by atoms with van der Waals surface area (Å²) >= 11 is 0. The molecule has 0 atom stereocenters. The van der Waals surface area contributed by atoms with Gasteiger partial charge in [0, 0.05) is 0 Å². The summed E-state index contributed by atoms with van der Waals surface area (Å²) in [5.41, 5.74) is 3.86. The third-order valence-corrected chi connectivity index (χ3v) is 4.53. The van der Waals surface area contributed by atoms with E-state index in [1.165, 1.54) is 32.3 Å². The van der Waals surface area contributed by atoms with Crippen LogP contribution in [0.25, 0.3) is 29.0 Å². The molecule has 2 aliphatic carbocycles.